The van der Waals surface area contributed by atoms with Crippen LogP contribution in [0.25, 0.3) is 0 Å². The van der Waals surface area contributed by atoms with Crippen LogP contribution in [0, 0.1) is 0 Å². The van der Waals surface area contributed by atoms with Crippen molar-refractivity contribution in [3.05, 3.63) is 24.1 Å². The molecule has 0 aromatic rings. The zero-order chi connectivity index (χ0) is 6.73. The zero-order valence-corrected chi connectivity index (χ0v) is 4.72. The Morgan fingerprint density at radius 3 is 1.38 bits per heavy atom. The lowest BCUT2D eigenvalue weighted by atomic mass is 9.64. The number of hydrogen-bond donors (Lipinski definition) is 0. The molecular formula is C5H5B3. The third-order valence-electron chi connectivity index (χ3n) is 0.799. The van der Waals surface area contributed by atoms with Crippen molar-refractivity contribution >= 4 is 23.5 Å². The molecule has 0 spiro atoms. The Morgan fingerprint density at radius 2 is 1.38 bits per heavy atom. The lowest BCUT2D eigenvalue weighted by molar-refractivity contribution is 1.32. The van der Waals surface area contributed by atoms with Crippen LogP contribution in [-0.4, -0.2) is 23.5 Å². The van der Waals surface area contributed by atoms with Gasteiger partial charge in [0.25, 0.3) is 0 Å². The van der Waals surface area contributed by atoms with Crippen molar-refractivity contribution < 1.29 is 0 Å². The van der Waals surface area contributed by atoms with Gasteiger partial charge in [0.15, 0.2) is 0 Å². The lowest BCUT2D eigenvalue weighted by Gasteiger charge is -2.10. The largest absolute Gasteiger partial charge is 0.127 e. The van der Waals surface area contributed by atoms with Crippen molar-refractivity contribution in [3.63, 3.8) is 0 Å². The Labute approximate surface area is 54.3 Å². The van der Waals surface area contributed by atoms with Gasteiger partial charge in [-0.3, -0.25) is 0 Å². The highest BCUT2D eigenvalue weighted by Crippen LogP contribution is 2.13. The van der Waals surface area contributed by atoms with E-state index >= 15 is 0 Å². The number of allylic oxidation sites excluding steroid dienone is 2. The van der Waals surface area contributed by atoms with Gasteiger partial charge >= 0.3 is 0 Å². The monoisotopic (exact) mass is 98.1 g/mol. The smallest absolute Gasteiger partial charge is 0.106 e. The second-order valence-corrected chi connectivity index (χ2v) is 1.63. The summed E-state index contributed by atoms with van der Waals surface area (Å²) in [5.41, 5.74) is 0.690. The molecule has 0 fully saturated rings. The van der Waals surface area contributed by atoms with E-state index in [1.807, 2.05) is 0 Å². The van der Waals surface area contributed by atoms with Gasteiger partial charge < -0.3 is 0 Å². The molecule has 0 nitrogen and oxygen atoms in total. The van der Waals surface area contributed by atoms with Crippen molar-refractivity contribution in [2.45, 2.75) is 5.82 Å². The first-order chi connectivity index (χ1) is 3.55. The second kappa shape index (κ2) is 2.86. The topological polar surface area (TPSA) is 0 Å². The Hall–Kier alpha value is -0.325. The maximum absolute atomic E-state index is 5.31. The maximum Gasteiger partial charge on any atom is 0.106 e. The predicted molar refractivity (Wildman–Crippen MR) is 39.3 cm³/mol. The van der Waals surface area contributed by atoms with Crippen molar-refractivity contribution in [1.29, 1.82) is 0 Å². The highest BCUT2D eigenvalue weighted by Gasteiger charge is 1.98. The van der Waals surface area contributed by atoms with Crippen molar-refractivity contribution in [2.24, 2.45) is 0 Å². The van der Waals surface area contributed by atoms with Crippen LogP contribution in [0.4, 0.5) is 0 Å². The molecule has 0 aliphatic rings. The standard InChI is InChI=1S/C5H5B3/c1-3(6)5(8)4(2)7/h5H,1-2H2. The molecule has 0 aromatic heterocycles. The SMILES string of the molecule is [B]C(=C)C([B])C([B])=C. The average Bonchev–Trinajstić information content (AvgIpc) is 1.64. The first-order valence-corrected chi connectivity index (χ1v) is 2.20. The quantitative estimate of drug-likeness (QED) is 0.435. The molecule has 34 valence electrons. The molecule has 0 amide bonds. The van der Waals surface area contributed by atoms with Crippen molar-refractivity contribution in [1.82, 2.24) is 0 Å². The highest BCUT2D eigenvalue weighted by atomic mass is 13.9. The summed E-state index contributed by atoms with van der Waals surface area (Å²) in [6, 6.07) is 0. The fraction of sp³-hybridized carbons (Fsp3) is 0.200. The van der Waals surface area contributed by atoms with E-state index in [2.05, 4.69) is 13.2 Å². The normalized spacial score (nSPS) is 9.12. The molecule has 0 saturated heterocycles. The van der Waals surface area contributed by atoms with Crippen molar-refractivity contribution in [3.8, 4) is 0 Å². The Balaban J connectivity index is 3.83. The van der Waals surface area contributed by atoms with Gasteiger partial charge in [-0.1, -0.05) is 5.82 Å². The summed E-state index contributed by atoms with van der Waals surface area (Å²) in [7, 11) is 15.7. The van der Waals surface area contributed by atoms with Crippen LogP contribution < -0.4 is 0 Å². The van der Waals surface area contributed by atoms with E-state index in [0.29, 0.717) is 10.9 Å². The molecule has 0 N–H and O–H groups in total. The van der Waals surface area contributed by atoms with E-state index in [4.69, 9.17) is 23.5 Å². The van der Waals surface area contributed by atoms with Crippen LogP contribution in [0.3, 0.4) is 0 Å². The molecule has 0 heterocycles. The van der Waals surface area contributed by atoms with E-state index in [0.717, 1.165) is 0 Å². The van der Waals surface area contributed by atoms with Crippen molar-refractivity contribution in [2.75, 3.05) is 0 Å². The molecule has 0 rings (SSSR count). The molecule has 3 heteroatoms. The van der Waals surface area contributed by atoms with Gasteiger partial charge in [-0.2, -0.15) is 0 Å². The summed E-state index contributed by atoms with van der Waals surface area (Å²) in [6.45, 7) is 6.78. The first kappa shape index (κ1) is 7.67. The van der Waals surface area contributed by atoms with Gasteiger partial charge in [-0.15, -0.1) is 24.1 Å². The summed E-state index contributed by atoms with van der Waals surface area (Å²) in [5.74, 6) is -0.463. The molecule has 0 bridgehead atoms. The van der Waals surface area contributed by atoms with E-state index < -0.39 is 5.82 Å². The minimum Gasteiger partial charge on any atom is -0.127 e. The van der Waals surface area contributed by atoms with E-state index in [9.17, 15) is 0 Å². The maximum atomic E-state index is 5.31. The molecule has 8 heavy (non-hydrogen) atoms. The first-order valence-electron chi connectivity index (χ1n) is 2.20. The third kappa shape index (κ3) is 2.11. The van der Waals surface area contributed by atoms with Gasteiger partial charge in [0.2, 0.25) is 0 Å². The van der Waals surface area contributed by atoms with Gasteiger partial charge in [0.05, 0.1) is 7.85 Å². The fourth-order valence-electron chi connectivity index (χ4n) is 0.238. The molecule has 0 aromatic carbocycles. The minimum absolute atomic E-state index is 0.345. The van der Waals surface area contributed by atoms with Gasteiger partial charge in [0, 0.05) is 0 Å². The van der Waals surface area contributed by atoms with Gasteiger partial charge in [0.1, 0.15) is 15.7 Å². The summed E-state index contributed by atoms with van der Waals surface area (Å²) in [6.07, 6.45) is 0. The average molecular weight is 97.5 g/mol. The Morgan fingerprint density at radius 1 is 1.12 bits per heavy atom. The highest BCUT2D eigenvalue weighted by molar-refractivity contribution is 6.36. The lowest BCUT2D eigenvalue weighted by Crippen LogP contribution is -1.98. The van der Waals surface area contributed by atoms with Crippen LogP contribution in [0.15, 0.2) is 24.1 Å². The zero-order valence-electron chi connectivity index (χ0n) is 4.72. The molecule has 0 aliphatic heterocycles. The van der Waals surface area contributed by atoms with Gasteiger partial charge in [-0.25, -0.2) is 0 Å². The number of rotatable bonds is 2. The van der Waals surface area contributed by atoms with Gasteiger partial charge in [-0.05, 0) is 0 Å². The number of hydrogen-bond acceptors (Lipinski definition) is 0. The summed E-state index contributed by atoms with van der Waals surface area (Å²) >= 11 is 0. The third-order valence-corrected chi connectivity index (χ3v) is 0.799. The Kier molecular flexibility index (Phi) is 2.74. The molecule has 0 saturated carbocycles. The van der Waals surface area contributed by atoms with Crippen LogP contribution in [-0.2, 0) is 0 Å². The molecule has 0 unspecified atom stereocenters. The molecule has 6 radical (unpaired) electrons. The Bertz CT molecular complexity index is 103. The van der Waals surface area contributed by atoms with E-state index in [-0.39, 0.29) is 0 Å². The fourth-order valence-corrected chi connectivity index (χ4v) is 0.238. The minimum atomic E-state index is -0.463. The van der Waals surface area contributed by atoms with E-state index in [1.165, 1.54) is 0 Å². The van der Waals surface area contributed by atoms with Crippen LogP contribution in [0.1, 0.15) is 0 Å². The predicted octanol–water partition coefficient (Wildman–Crippen LogP) is 0.308. The summed E-state index contributed by atoms with van der Waals surface area (Å²) < 4.78 is 0. The van der Waals surface area contributed by atoms with Crippen LogP contribution >= 0.6 is 0 Å². The summed E-state index contributed by atoms with van der Waals surface area (Å²) in [4.78, 5) is 0. The second-order valence-electron chi connectivity index (χ2n) is 1.63. The molecule has 0 atom stereocenters. The van der Waals surface area contributed by atoms with E-state index in [1.54, 1.807) is 0 Å². The summed E-state index contributed by atoms with van der Waals surface area (Å²) in [5, 5.41) is 0. The van der Waals surface area contributed by atoms with Crippen LogP contribution in [0.2, 0.25) is 5.82 Å². The molecular weight excluding hydrogens is 92.5 g/mol. The molecule has 0 aliphatic carbocycles. The van der Waals surface area contributed by atoms with Crippen LogP contribution in [0.5, 0.6) is 0 Å².